The fourth-order valence-corrected chi connectivity index (χ4v) is 9.26. The van der Waals surface area contributed by atoms with Gasteiger partial charge in [0.25, 0.3) is 0 Å². The first-order valence-corrected chi connectivity index (χ1v) is 19.3. The van der Waals surface area contributed by atoms with Gasteiger partial charge in [-0.3, -0.25) is 0 Å². The van der Waals surface area contributed by atoms with Gasteiger partial charge in [0.1, 0.15) is 0 Å². The van der Waals surface area contributed by atoms with Gasteiger partial charge < -0.3 is 0 Å². The lowest BCUT2D eigenvalue weighted by molar-refractivity contribution is 1.08. The molecule has 0 saturated heterocycles. The summed E-state index contributed by atoms with van der Waals surface area (Å²) in [6.45, 7) is 0. The highest BCUT2D eigenvalue weighted by atomic mass is 32.1. The number of rotatable bonds is 5. The van der Waals surface area contributed by atoms with Crippen LogP contribution in [0, 0.1) is 0 Å². The third kappa shape index (κ3) is 5.46. The third-order valence-electron chi connectivity index (χ3n) is 10.7. The SMILES string of the molecule is c1ccc(-c2ccc(-c3ccc(-c4nc(-c5ccccc5)nc(-c5cc6ccc7ccccc7c6c6sc7cc8ccccc8cc7c56)n4)cc3)cc2)cc1. The van der Waals surface area contributed by atoms with Crippen molar-refractivity contribution < 1.29 is 0 Å². The number of fused-ring (bicyclic) bond motifs is 8. The van der Waals surface area contributed by atoms with E-state index in [0.29, 0.717) is 17.5 Å². The molecule has 0 aliphatic carbocycles. The summed E-state index contributed by atoms with van der Waals surface area (Å²) >= 11 is 1.86. The summed E-state index contributed by atoms with van der Waals surface area (Å²) in [5.41, 5.74) is 7.62. The first kappa shape index (κ1) is 31.5. The Morgan fingerprint density at radius 2 is 0.782 bits per heavy atom. The van der Waals surface area contributed by atoms with Crippen LogP contribution in [0.2, 0.25) is 0 Å². The molecule has 256 valence electrons. The van der Waals surface area contributed by atoms with Crippen LogP contribution in [-0.2, 0) is 0 Å². The summed E-state index contributed by atoms with van der Waals surface area (Å²) < 4.78 is 2.50. The number of benzene rings is 9. The Labute approximate surface area is 321 Å². The van der Waals surface area contributed by atoms with Crippen LogP contribution in [0.3, 0.4) is 0 Å². The Kier molecular flexibility index (Phi) is 7.35. The number of aromatic nitrogens is 3. The van der Waals surface area contributed by atoms with Crippen LogP contribution >= 0.6 is 11.3 Å². The average Bonchev–Trinajstić information content (AvgIpc) is 3.64. The summed E-state index contributed by atoms with van der Waals surface area (Å²) in [5.74, 6) is 1.96. The van der Waals surface area contributed by atoms with Gasteiger partial charge in [-0.1, -0.05) is 170 Å². The molecule has 2 aromatic heterocycles. The van der Waals surface area contributed by atoms with Gasteiger partial charge in [-0.2, -0.15) is 0 Å². The monoisotopic (exact) mass is 717 g/mol. The first-order valence-electron chi connectivity index (χ1n) is 18.5. The molecule has 2 heterocycles. The third-order valence-corrected chi connectivity index (χ3v) is 11.9. The predicted molar refractivity (Wildman–Crippen MR) is 232 cm³/mol. The van der Waals surface area contributed by atoms with Crippen LogP contribution in [0.1, 0.15) is 0 Å². The average molecular weight is 718 g/mol. The first-order chi connectivity index (χ1) is 27.2. The maximum Gasteiger partial charge on any atom is 0.164 e. The Morgan fingerprint density at radius 1 is 0.309 bits per heavy atom. The second kappa shape index (κ2) is 12.8. The van der Waals surface area contributed by atoms with Crippen LogP contribution in [0.15, 0.2) is 188 Å². The zero-order chi connectivity index (χ0) is 36.3. The van der Waals surface area contributed by atoms with Crippen molar-refractivity contribution >= 4 is 63.8 Å². The van der Waals surface area contributed by atoms with E-state index in [-0.39, 0.29) is 0 Å². The molecule has 0 radical (unpaired) electrons. The molecule has 11 aromatic rings. The van der Waals surface area contributed by atoms with E-state index in [2.05, 4.69) is 164 Å². The molecule has 0 spiro atoms. The minimum Gasteiger partial charge on any atom is -0.208 e. The van der Waals surface area contributed by atoms with Crippen molar-refractivity contribution in [2.24, 2.45) is 0 Å². The van der Waals surface area contributed by atoms with Crippen LogP contribution in [0.4, 0.5) is 0 Å². The smallest absolute Gasteiger partial charge is 0.164 e. The molecule has 0 amide bonds. The summed E-state index contributed by atoms with van der Waals surface area (Å²) in [6.07, 6.45) is 0. The van der Waals surface area contributed by atoms with Crippen molar-refractivity contribution in [3.63, 3.8) is 0 Å². The molecule has 55 heavy (non-hydrogen) atoms. The Morgan fingerprint density at radius 3 is 1.44 bits per heavy atom. The summed E-state index contributed by atoms with van der Waals surface area (Å²) in [4.78, 5) is 15.6. The largest absolute Gasteiger partial charge is 0.208 e. The van der Waals surface area contributed by atoms with E-state index in [4.69, 9.17) is 15.0 Å². The highest BCUT2D eigenvalue weighted by Crippen LogP contribution is 2.47. The predicted octanol–water partition coefficient (Wildman–Crippen LogP) is 14.0. The van der Waals surface area contributed by atoms with Crippen molar-refractivity contribution in [2.75, 3.05) is 0 Å². The Hall–Kier alpha value is -7.01. The molecule has 3 nitrogen and oxygen atoms in total. The minimum atomic E-state index is 0.645. The molecule has 0 aliphatic rings. The molecular weight excluding hydrogens is 687 g/mol. The fourth-order valence-electron chi connectivity index (χ4n) is 7.93. The van der Waals surface area contributed by atoms with Gasteiger partial charge in [-0.15, -0.1) is 11.3 Å². The molecule has 0 bridgehead atoms. The summed E-state index contributed by atoms with van der Waals surface area (Å²) in [7, 11) is 0. The van der Waals surface area contributed by atoms with Crippen LogP contribution in [0.25, 0.3) is 109 Å². The maximum atomic E-state index is 5.30. The fraction of sp³-hybridized carbons (Fsp3) is 0. The lowest BCUT2D eigenvalue weighted by atomic mass is 9.95. The molecule has 0 N–H and O–H groups in total. The second-order valence-corrected chi connectivity index (χ2v) is 15.1. The molecule has 9 aromatic carbocycles. The number of nitrogens with zero attached hydrogens (tertiary/aromatic N) is 3. The van der Waals surface area contributed by atoms with Gasteiger partial charge in [-0.05, 0) is 67.4 Å². The lowest BCUT2D eigenvalue weighted by Crippen LogP contribution is -2.00. The Balaban J connectivity index is 1.11. The zero-order valence-electron chi connectivity index (χ0n) is 29.6. The standard InChI is InChI=1S/C51H31N3S/c1-3-11-32(12-4-1)33-19-21-34(22-20-33)35-23-26-38(27-24-35)50-52-49(37-14-5-2-6-15-37)53-51(54-50)44-30-41-28-25-36-13-9-10-18-42(36)46(41)48-47(44)43-29-39-16-7-8-17-40(39)31-45(43)55-48/h1-31H. The molecule has 11 rings (SSSR count). The molecule has 0 atom stereocenters. The molecular formula is C51H31N3S. The van der Waals surface area contributed by atoms with Gasteiger partial charge in [0.05, 0.1) is 0 Å². The van der Waals surface area contributed by atoms with Crippen molar-refractivity contribution in [1.29, 1.82) is 0 Å². The molecule has 0 saturated carbocycles. The van der Waals surface area contributed by atoms with Crippen molar-refractivity contribution in [1.82, 2.24) is 15.0 Å². The topological polar surface area (TPSA) is 38.7 Å². The maximum absolute atomic E-state index is 5.30. The van der Waals surface area contributed by atoms with Crippen molar-refractivity contribution in [3.05, 3.63) is 188 Å². The lowest BCUT2D eigenvalue weighted by Gasteiger charge is -2.12. The number of thiophene rings is 1. The highest BCUT2D eigenvalue weighted by Gasteiger charge is 2.21. The van der Waals surface area contributed by atoms with Gasteiger partial charge in [0, 0.05) is 42.2 Å². The number of hydrogen-bond donors (Lipinski definition) is 0. The number of hydrogen-bond acceptors (Lipinski definition) is 4. The van der Waals surface area contributed by atoms with Gasteiger partial charge in [-0.25, -0.2) is 15.0 Å². The summed E-state index contributed by atoms with van der Waals surface area (Å²) in [6, 6.07) is 66.8. The van der Waals surface area contributed by atoms with E-state index < -0.39 is 0 Å². The highest BCUT2D eigenvalue weighted by molar-refractivity contribution is 7.27. The molecule has 0 unspecified atom stereocenters. The van der Waals surface area contributed by atoms with E-state index in [0.717, 1.165) is 27.8 Å². The zero-order valence-corrected chi connectivity index (χ0v) is 30.5. The van der Waals surface area contributed by atoms with Gasteiger partial charge >= 0.3 is 0 Å². The van der Waals surface area contributed by atoms with Gasteiger partial charge in [0.2, 0.25) is 0 Å². The normalized spacial score (nSPS) is 11.6. The van der Waals surface area contributed by atoms with Crippen LogP contribution in [0.5, 0.6) is 0 Å². The minimum absolute atomic E-state index is 0.645. The van der Waals surface area contributed by atoms with E-state index in [1.54, 1.807) is 0 Å². The van der Waals surface area contributed by atoms with Crippen molar-refractivity contribution in [2.45, 2.75) is 0 Å². The van der Waals surface area contributed by atoms with E-state index in [1.165, 1.54) is 63.6 Å². The molecule has 0 aliphatic heterocycles. The molecule has 0 fully saturated rings. The Bertz CT molecular complexity index is 3220. The van der Waals surface area contributed by atoms with E-state index in [1.807, 2.05) is 35.6 Å². The molecule has 4 heteroatoms. The van der Waals surface area contributed by atoms with Gasteiger partial charge in [0.15, 0.2) is 17.5 Å². The van der Waals surface area contributed by atoms with Crippen LogP contribution in [-0.4, -0.2) is 15.0 Å². The second-order valence-electron chi connectivity index (χ2n) is 14.0. The summed E-state index contributed by atoms with van der Waals surface area (Å²) in [5, 5.41) is 9.78. The van der Waals surface area contributed by atoms with E-state index >= 15 is 0 Å². The van der Waals surface area contributed by atoms with Crippen molar-refractivity contribution in [3.8, 4) is 56.4 Å². The van der Waals surface area contributed by atoms with E-state index in [9.17, 15) is 0 Å². The quantitative estimate of drug-likeness (QED) is 0.166. The van der Waals surface area contributed by atoms with Crippen LogP contribution < -0.4 is 0 Å².